The number of hydrogen-bond acceptors (Lipinski definition) is 2. The van der Waals surface area contributed by atoms with Crippen molar-refractivity contribution in [2.75, 3.05) is 5.73 Å². The Morgan fingerprint density at radius 1 is 1.28 bits per heavy atom. The van der Waals surface area contributed by atoms with Crippen molar-refractivity contribution in [1.29, 1.82) is 0 Å². The summed E-state index contributed by atoms with van der Waals surface area (Å²) in [7, 11) is 0. The number of aliphatic hydroxyl groups excluding tert-OH is 1. The van der Waals surface area contributed by atoms with Crippen molar-refractivity contribution in [2.45, 2.75) is 32.4 Å². The van der Waals surface area contributed by atoms with E-state index in [9.17, 15) is 5.11 Å². The number of hydrogen-bond donors (Lipinski definition) is 2. The van der Waals surface area contributed by atoms with Crippen LogP contribution < -0.4 is 5.73 Å². The fourth-order valence-electron chi connectivity index (χ4n) is 2.11. The first-order chi connectivity index (χ1) is 8.72. The van der Waals surface area contributed by atoms with Gasteiger partial charge in [0, 0.05) is 18.4 Å². The van der Waals surface area contributed by atoms with Crippen molar-refractivity contribution in [3.63, 3.8) is 0 Å². The lowest BCUT2D eigenvalue weighted by atomic mass is 10.1. The zero-order chi connectivity index (χ0) is 13.0. The lowest BCUT2D eigenvalue weighted by Crippen LogP contribution is -2.08. The first-order valence-electron chi connectivity index (χ1n) is 6.41. The van der Waals surface area contributed by atoms with E-state index in [1.165, 1.54) is 0 Å². The van der Waals surface area contributed by atoms with Crippen LogP contribution >= 0.6 is 0 Å². The summed E-state index contributed by atoms with van der Waals surface area (Å²) in [5.41, 5.74) is 8.19. The smallest absolute Gasteiger partial charge is 0.119 e. The highest BCUT2D eigenvalue weighted by atomic mass is 16.3. The number of aromatic nitrogens is 1. The number of unbranched alkanes of at least 4 members (excludes halogenated alkanes) is 1. The highest BCUT2D eigenvalue weighted by Crippen LogP contribution is 2.24. The molecule has 0 fully saturated rings. The fourth-order valence-corrected chi connectivity index (χ4v) is 2.11. The van der Waals surface area contributed by atoms with Crippen LogP contribution in [0.5, 0.6) is 0 Å². The van der Waals surface area contributed by atoms with Crippen molar-refractivity contribution in [3.8, 4) is 0 Å². The summed E-state index contributed by atoms with van der Waals surface area (Å²) in [4.78, 5) is 0. The molecule has 0 radical (unpaired) electrons. The molecular weight excluding hydrogens is 224 g/mol. The monoisotopic (exact) mass is 244 g/mol. The summed E-state index contributed by atoms with van der Waals surface area (Å²) in [6, 6.07) is 11.4. The van der Waals surface area contributed by atoms with E-state index in [-0.39, 0.29) is 0 Å². The second-order valence-corrected chi connectivity index (χ2v) is 4.55. The van der Waals surface area contributed by atoms with Gasteiger partial charge in [0.25, 0.3) is 0 Å². The minimum Gasteiger partial charge on any atom is -0.399 e. The molecular formula is C15H20N2O. The Balaban J connectivity index is 2.23. The molecule has 18 heavy (non-hydrogen) atoms. The van der Waals surface area contributed by atoms with Crippen LogP contribution in [0.2, 0.25) is 0 Å². The van der Waals surface area contributed by atoms with Gasteiger partial charge in [-0.2, -0.15) is 0 Å². The molecule has 0 spiro atoms. The Morgan fingerprint density at radius 2 is 2.11 bits per heavy atom. The highest BCUT2D eigenvalue weighted by molar-refractivity contribution is 5.43. The Kier molecular flexibility index (Phi) is 4.05. The summed E-state index contributed by atoms with van der Waals surface area (Å²) in [6.45, 7) is 3.11. The summed E-state index contributed by atoms with van der Waals surface area (Å²) in [5, 5.41) is 10.4. The average Bonchev–Trinajstić information content (AvgIpc) is 2.83. The van der Waals surface area contributed by atoms with Gasteiger partial charge in [0.2, 0.25) is 0 Å². The number of rotatable bonds is 5. The molecule has 3 nitrogen and oxygen atoms in total. The van der Waals surface area contributed by atoms with E-state index in [2.05, 4.69) is 11.5 Å². The zero-order valence-corrected chi connectivity index (χ0v) is 10.7. The van der Waals surface area contributed by atoms with Crippen LogP contribution in [-0.2, 0) is 6.54 Å². The molecule has 2 rings (SSSR count). The van der Waals surface area contributed by atoms with Gasteiger partial charge in [-0.25, -0.2) is 0 Å². The predicted octanol–water partition coefficient (Wildman–Crippen LogP) is 2.95. The van der Waals surface area contributed by atoms with Crippen molar-refractivity contribution < 1.29 is 5.11 Å². The van der Waals surface area contributed by atoms with Crippen molar-refractivity contribution in [2.24, 2.45) is 0 Å². The number of aliphatic hydroxyl groups is 1. The van der Waals surface area contributed by atoms with E-state index in [4.69, 9.17) is 5.73 Å². The number of aryl methyl sites for hydroxylation is 1. The van der Waals surface area contributed by atoms with Crippen LogP contribution in [0, 0.1) is 0 Å². The second kappa shape index (κ2) is 5.74. The summed E-state index contributed by atoms with van der Waals surface area (Å²) >= 11 is 0. The number of nitrogen functional groups attached to an aromatic ring is 1. The second-order valence-electron chi connectivity index (χ2n) is 4.55. The van der Waals surface area contributed by atoms with E-state index in [1.54, 1.807) is 0 Å². The standard InChI is InChI=1S/C15H20N2O/c1-2-3-9-17-10-5-8-14(17)15(18)12-6-4-7-13(16)11-12/h4-8,10-11,15,18H,2-3,9,16H2,1H3. The van der Waals surface area contributed by atoms with Gasteiger partial charge in [0.15, 0.2) is 0 Å². The molecule has 1 aromatic heterocycles. The molecule has 0 aliphatic rings. The van der Waals surface area contributed by atoms with Gasteiger partial charge in [0.1, 0.15) is 6.10 Å². The van der Waals surface area contributed by atoms with Gasteiger partial charge < -0.3 is 15.4 Å². The van der Waals surface area contributed by atoms with Gasteiger partial charge in [-0.1, -0.05) is 25.5 Å². The van der Waals surface area contributed by atoms with Crippen LogP contribution in [0.25, 0.3) is 0 Å². The lowest BCUT2D eigenvalue weighted by Gasteiger charge is -2.15. The predicted molar refractivity (Wildman–Crippen MR) is 74.3 cm³/mol. The SMILES string of the molecule is CCCCn1cccc1C(O)c1cccc(N)c1. The maximum Gasteiger partial charge on any atom is 0.119 e. The lowest BCUT2D eigenvalue weighted by molar-refractivity contribution is 0.209. The molecule has 0 aliphatic heterocycles. The molecule has 2 aromatic rings. The van der Waals surface area contributed by atoms with Gasteiger partial charge in [-0.05, 0) is 36.2 Å². The van der Waals surface area contributed by atoms with Gasteiger partial charge in [0.05, 0.1) is 5.69 Å². The van der Waals surface area contributed by atoms with Crippen LogP contribution in [0.4, 0.5) is 5.69 Å². The minimum atomic E-state index is -0.611. The van der Waals surface area contributed by atoms with Gasteiger partial charge >= 0.3 is 0 Å². The van der Waals surface area contributed by atoms with E-state index in [0.29, 0.717) is 5.69 Å². The van der Waals surface area contributed by atoms with E-state index < -0.39 is 6.10 Å². The Morgan fingerprint density at radius 3 is 2.83 bits per heavy atom. The molecule has 3 N–H and O–H groups in total. The molecule has 1 unspecified atom stereocenters. The molecule has 0 aliphatic carbocycles. The molecule has 96 valence electrons. The summed E-state index contributed by atoms with van der Waals surface area (Å²) in [6.07, 6.45) is 3.66. The van der Waals surface area contributed by atoms with E-state index in [0.717, 1.165) is 30.6 Å². The molecule has 0 saturated carbocycles. The first-order valence-corrected chi connectivity index (χ1v) is 6.41. The first kappa shape index (κ1) is 12.7. The molecule has 3 heteroatoms. The van der Waals surface area contributed by atoms with Gasteiger partial charge in [-0.15, -0.1) is 0 Å². The third kappa shape index (κ3) is 2.74. The Hall–Kier alpha value is -1.74. The molecule has 0 amide bonds. The molecule has 1 atom stereocenters. The highest BCUT2D eigenvalue weighted by Gasteiger charge is 2.14. The van der Waals surface area contributed by atoms with Crippen LogP contribution in [0.1, 0.15) is 37.1 Å². The molecule has 1 heterocycles. The van der Waals surface area contributed by atoms with Crippen molar-refractivity contribution in [3.05, 3.63) is 53.9 Å². The quantitative estimate of drug-likeness (QED) is 0.794. The molecule has 1 aromatic carbocycles. The summed E-state index contributed by atoms with van der Waals surface area (Å²) in [5.74, 6) is 0. The maximum atomic E-state index is 10.4. The van der Waals surface area contributed by atoms with Gasteiger partial charge in [-0.3, -0.25) is 0 Å². The number of anilines is 1. The normalized spacial score (nSPS) is 12.6. The Bertz CT molecular complexity index is 505. The maximum absolute atomic E-state index is 10.4. The largest absolute Gasteiger partial charge is 0.399 e. The van der Waals surface area contributed by atoms with Crippen LogP contribution in [0.3, 0.4) is 0 Å². The number of nitrogens with zero attached hydrogens (tertiary/aromatic N) is 1. The molecule has 0 bridgehead atoms. The van der Waals surface area contributed by atoms with E-state index in [1.807, 2.05) is 42.6 Å². The van der Waals surface area contributed by atoms with Crippen molar-refractivity contribution >= 4 is 5.69 Å². The van der Waals surface area contributed by atoms with Crippen molar-refractivity contribution in [1.82, 2.24) is 4.57 Å². The summed E-state index contributed by atoms with van der Waals surface area (Å²) < 4.78 is 2.11. The zero-order valence-electron chi connectivity index (χ0n) is 10.7. The number of nitrogens with two attached hydrogens (primary N) is 1. The average molecular weight is 244 g/mol. The van der Waals surface area contributed by atoms with Crippen LogP contribution in [-0.4, -0.2) is 9.67 Å². The minimum absolute atomic E-state index is 0.611. The Labute approximate surface area is 108 Å². The third-order valence-corrected chi connectivity index (χ3v) is 3.12. The fraction of sp³-hybridized carbons (Fsp3) is 0.333. The van der Waals surface area contributed by atoms with E-state index >= 15 is 0 Å². The number of benzene rings is 1. The topological polar surface area (TPSA) is 51.2 Å². The molecule has 0 saturated heterocycles. The van der Waals surface area contributed by atoms with Crippen LogP contribution in [0.15, 0.2) is 42.6 Å². The third-order valence-electron chi connectivity index (χ3n) is 3.12.